The summed E-state index contributed by atoms with van der Waals surface area (Å²) in [5.74, 6) is 2.10. The monoisotopic (exact) mass is 301 g/mol. The number of hydrogen-bond donors (Lipinski definition) is 1. The van der Waals surface area contributed by atoms with Gasteiger partial charge in [0.2, 0.25) is 0 Å². The molecule has 118 valence electrons. The van der Waals surface area contributed by atoms with Crippen molar-refractivity contribution >= 4 is 0 Å². The van der Waals surface area contributed by atoms with Gasteiger partial charge in [0.1, 0.15) is 13.2 Å². The van der Waals surface area contributed by atoms with Crippen LogP contribution in [-0.2, 0) is 7.05 Å². The molecule has 0 fully saturated rings. The van der Waals surface area contributed by atoms with Gasteiger partial charge in [0.05, 0.1) is 5.69 Å². The Balaban J connectivity index is 1.97. The zero-order valence-corrected chi connectivity index (χ0v) is 13.4. The van der Waals surface area contributed by atoms with Crippen LogP contribution < -0.4 is 15.2 Å². The van der Waals surface area contributed by atoms with E-state index < -0.39 is 0 Å². The minimum atomic E-state index is 0.0980. The lowest BCUT2D eigenvalue weighted by Crippen LogP contribution is -2.19. The molecule has 22 heavy (non-hydrogen) atoms. The highest BCUT2D eigenvalue weighted by Crippen LogP contribution is 2.35. The van der Waals surface area contributed by atoms with Gasteiger partial charge in [-0.2, -0.15) is 5.10 Å². The number of rotatable bonds is 4. The first-order valence-electron chi connectivity index (χ1n) is 7.73. The van der Waals surface area contributed by atoms with Crippen molar-refractivity contribution in [3.05, 3.63) is 41.2 Å². The van der Waals surface area contributed by atoms with E-state index in [1.54, 1.807) is 0 Å². The van der Waals surface area contributed by atoms with Crippen molar-refractivity contribution in [2.24, 2.45) is 12.8 Å². The standard InChI is InChI=1S/C17H23N3O2/c1-11(2)14-9-15(20(3)19-14)13(10-18)12-4-5-16-17(8-12)22-7-6-21-16/h4-5,8-9,11,13H,6-7,10,18H2,1-3H3. The van der Waals surface area contributed by atoms with Gasteiger partial charge in [-0.1, -0.05) is 19.9 Å². The molecule has 1 aliphatic rings. The third-order valence-corrected chi connectivity index (χ3v) is 4.09. The number of hydrogen-bond acceptors (Lipinski definition) is 4. The minimum absolute atomic E-state index is 0.0980. The fraction of sp³-hybridized carbons (Fsp3) is 0.471. The van der Waals surface area contributed by atoms with Gasteiger partial charge >= 0.3 is 0 Å². The van der Waals surface area contributed by atoms with Crippen molar-refractivity contribution in [1.29, 1.82) is 0 Å². The number of aryl methyl sites for hydroxylation is 1. The second-order valence-electron chi connectivity index (χ2n) is 5.96. The van der Waals surface area contributed by atoms with E-state index in [1.165, 1.54) is 0 Å². The van der Waals surface area contributed by atoms with Crippen LogP contribution in [0.4, 0.5) is 0 Å². The molecule has 5 heteroatoms. The molecule has 1 aliphatic heterocycles. The van der Waals surface area contributed by atoms with Crippen molar-refractivity contribution in [2.75, 3.05) is 19.8 Å². The first kappa shape index (κ1) is 14.9. The van der Waals surface area contributed by atoms with E-state index >= 15 is 0 Å². The SMILES string of the molecule is CC(C)c1cc(C(CN)c2ccc3c(c2)OCCO3)n(C)n1. The largest absolute Gasteiger partial charge is 0.486 e. The summed E-state index contributed by atoms with van der Waals surface area (Å²) in [6.07, 6.45) is 0. The van der Waals surface area contributed by atoms with Crippen LogP contribution in [-0.4, -0.2) is 29.5 Å². The second kappa shape index (κ2) is 6.01. The van der Waals surface area contributed by atoms with Crippen molar-refractivity contribution in [3.8, 4) is 11.5 Å². The molecule has 0 saturated heterocycles. The van der Waals surface area contributed by atoms with E-state index in [4.69, 9.17) is 15.2 Å². The summed E-state index contributed by atoms with van der Waals surface area (Å²) in [5.41, 5.74) is 9.40. The molecule has 1 aromatic carbocycles. The highest BCUT2D eigenvalue weighted by Gasteiger charge is 2.21. The normalized spacial score (nSPS) is 15.1. The van der Waals surface area contributed by atoms with Gasteiger partial charge in [-0.3, -0.25) is 4.68 Å². The summed E-state index contributed by atoms with van der Waals surface area (Å²) in [6.45, 7) is 6.01. The lowest BCUT2D eigenvalue weighted by atomic mass is 9.94. The highest BCUT2D eigenvalue weighted by atomic mass is 16.6. The maximum absolute atomic E-state index is 6.05. The predicted molar refractivity (Wildman–Crippen MR) is 85.6 cm³/mol. The summed E-state index contributed by atoms with van der Waals surface area (Å²) in [7, 11) is 1.97. The zero-order chi connectivity index (χ0) is 15.7. The fourth-order valence-electron chi connectivity index (χ4n) is 2.82. The third-order valence-electron chi connectivity index (χ3n) is 4.09. The number of fused-ring (bicyclic) bond motifs is 1. The molecule has 0 radical (unpaired) electrons. The average Bonchev–Trinajstić information content (AvgIpc) is 2.90. The smallest absolute Gasteiger partial charge is 0.161 e. The van der Waals surface area contributed by atoms with Gasteiger partial charge in [0.25, 0.3) is 0 Å². The Morgan fingerprint density at radius 1 is 1.18 bits per heavy atom. The molecule has 2 heterocycles. The molecular weight excluding hydrogens is 278 g/mol. The lowest BCUT2D eigenvalue weighted by molar-refractivity contribution is 0.171. The molecule has 0 bridgehead atoms. The molecule has 3 rings (SSSR count). The molecule has 0 spiro atoms. The zero-order valence-electron chi connectivity index (χ0n) is 13.4. The van der Waals surface area contributed by atoms with Crippen molar-refractivity contribution < 1.29 is 9.47 Å². The number of aromatic nitrogens is 2. The number of ether oxygens (including phenoxy) is 2. The molecule has 5 nitrogen and oxygen atoms in total. The number of benzene rings is 1. The Morgan fingerprint density at radius 3 is 2.55 bits per heavy atom. The number of nitrogens with two attached hydrogens (primary N) is 1. The van der Waals surface area contributed by atoms with Gasteiger partial charge < -0.3 is 15.2 Å². The van der Waals surface area contributed by atoms with Crippen molar-refractivity contribution in [1.82, 2.24) is 9.78 Å². The molecule has 2 N–H and O–H groups in total. The number of nitrogens with zero attached hydrogens (tertiary/aromatic N) is 2. The maximum atomic E-state index is 6.05. The minimum Gasteiger partial charge on any atom is -0.486 e. The van der Waals surface area contributed by atoms with Crippen molar-refractivity contribution in [3.63, 3.8) is 0 Å². The van der Waals surface area contributed by atoms with E-state index in [9.17, 15) is 0 Å². The fourth-order valence-corrected chi connectivity index (χ4v) is 2.82. The Hall–Kier alpha value is -2.01. The van der Waals surface area contributed by atoms with Crippen LogP contribution in [0.1, 0.15) is 42.6 Å². The van der Waals surface area contributed by atoms with Gasteiger partial charge in [0.15, 0.2) is 11.5 Å². The molecule has 0 aliphatic carbocycles. The molecule has 0 amide bonds. The Kier molecular flexibility index (Phi) is 4.07. The van der Waals surface area contributed by atoms with Gasteiger partial charge in [-0.15, -0.1) is 0 Å². The van der Waals surface area contributed by atoms with E-state index in [0.717, 1.165) is 28.5 Å². The quantitative estimate of drug-likeness (QED) is 0.942. The van der Waals surface area contributed by atoms with Crippen LogP contribution >= 0.6 is 0 Å². The highest BCUT2D eigenvalue weighted by molar-refractivity contribution is 5.46. The first-order valence-corrected chi connectivity index (χ1v) is 7.73. The summed E-state index contributed by atoms with van der Waals surface area (Å²) in [5, 5.41) is 4.60. The Bertz CT molecular complexity index is 664. The molecule has 1 atom stereocenters. The first-order chi connectivity index (χ1) is 10.6. The Morgan fingerprint density at radius 2 is 1.91 bits per heavy atom. The lowest BCUT2D eigenvalue weighted by Gasteiger charge is -2.21. The van der Waals surface area contributed by atoms with Gasteiger partial charge in [0, 0.05) is 25.2 Å². The van der Waals surface area contributed by atoms with Crippen LogP contribution in [0.5, 0.6) is 11.5 Å². The van der Waals surface area contributed by atoms with Gasteiger partial charge in [-0.25, -0.2) is 0 Å². The predicted octanol–water partition coefficient (Wildman–Crippen LogP) is 2.41. The molecule has 1 aromatic heterocycles. The molecule has 0 saturated carbocycles. The molecular formula is C17H23N3O2. The van der Waals surface area contributed by atoms with Crippen LogP contribution in [0.15, 0.2) is 24.3 Å². The molecule has 2 aromatic rings. The average molecular weight is 301 g/mol. The van der Waals surface area contributed by atoms with E-state index in [1.807, 2.05) is 23.9 Å². The summed E-state index contributed by atoms with van der Waals surface area (Å²) >= 11 is 0. The van der Waals surface area contributed by atoms with E-state index in [0.29, 0.717) is 25.7 Å². The topological polar surface area (TPSA) is 62.3 Å². The van der Waals surface area contributed by atoms with Gasteiger partial charge in [-0.05, 0) is 29.7 Å². The van der Waals surface area contributed by atoms with Crippen LogP contribution in [0.3, 0.4) is 0 Å². The Labute approximate surface area is 131 Å². The second-order valence-corrected chi connectivity index (χ2v) is 5.96. The van der Waals surface area contributed by atoms with E-state index in [-0.39, 0.29) is 5.92 Å². The van der Waals surface area contributed by atoms with E-state index in [2.05, 4.69) is 31.1 Å². The van der Waals surface area contributed by atoms with Crippen LogP contribution in [0.25, 0.3) is 0 Å². The maximum Gasteiger partial charge on any atom is 0.161 e. The van der Waals surface area contributed by atoms with Crippen LogP contribution in [0, 0.1) is 0 Å². The van der Waals surface area contributed by atoms with Crippen molar-refractivity contribution in [2.45, 2.75) is 25.7 Å². The molecule has 1 unspecified atom stereocenters. The summed E-state index contributed by atoms with van der Waals surface area (Å²) in [6, 6.07) is 8.21. The summed E-state index contributed by atoms with van der Waals surface area (Å²) in [4.78, 5) is 0. The summed E-state index contributed by atoms with van der Waals surface area (Å²) < 4.78 is 13.2. The van der Waals surface area contributed by atoms with Crippen LogP contribution in [0.2, 0.25) is 0 Å². The third kappa shape index (κ3) is 2.68.